The summed E-state index contributed by atoms with van der Waals surface area (Å²) in [5.74, 6) is 1.05. The van der Waals surface area contributed by atoms with Crippen LogP contribution in [0, 0.1) is 0 Å². The Bertz CT molecular complexity index is 922. The molecule has 5 nitrogen and oxygen atoms in total. The van der Waals surface area contributed by atoms with Gasteiger partial charge >= 0.3 is 0 Å². The Labute approximate surface area is 184 Å². The monoisotopic (exact) mass is 480 g/mol. The molecule has 0 saturated heterocycles. The van der Waals surface area contributed by atoms with E-state index in [2.05, 4.69) is 5.32 Å². The van der Waals surface area contributed by atoms with Crippen LogP contribution in [-0.4, -0.2) is 44.5 Å². The summed E-state index contributed by atoms with van der Waals surface area (Å²) in [4.78, 5) is 12.1. The van der Waals surface area contributed by atoms with Gasteiger partial charge in [0.15, 0.2) is 0 Å². The number of benzene rings is 2. The molecule has 0 aliphatic rings. The molecule has 2 rings (SSSR count). The van der Waals surface area contributed by atoms with Crippen LogP contribution < -0.4 is 5.32 Å². The van der Waals surface area contributed by atoms with E-state index >= 15 is 0 Å². The van der Waals surface area contributed by atoms with Crippen molar-refractivity contribution in [3.63, 3.8) is 0 Å². The number of nitrogens with zero attached hydrogens (tertiary/aromatic N) is 1. The van der Waals surface area contributed by atoms with Gasteiger partial charge < -0.3 is 5.32 Å². The molecular formula is C18H19Cl3N2O3S2. The summed E-state index contributed by atoms with van der Waals surface area (Å²) in [6, 6.07) is 11.3. The Kier molecular flexibility index (Phi) is 8.92. The lowest BCUT2D eigenvalue weighted by atomic mass is 10.2. The highest BCUT2D eigenvalue weighted by Crippen LogP contribution is 2.24. The molecule has 152 valence electrons. The summed E-state index contributed by atoms with van der Waals surface area (Å²) in [6.07, 6.45) is 0. The number of hydrogen-bond donors (Lipinski definition) is 1. The van der Waals surface area contributed by atoms with Crippen molar-refractivity contribution in [3.8, 4) is 0 Å². The maximum atomic E-state index is 12.4. The van der Waals surface area contributed by atoms with Gasteiger partial charge in [0, 0.05) is 30.1 Å². The summed E-state index contributed by atoms with van der Waals surface area (Å²) >= 11 is 19.3. The fourth-order valence-corrected chi connectivity index (χ4v) is 4.59. The van der Waals surface area contributed by atoms with Gasteiger partial charge in [0.05, 0.1) is 21.5 Å². The van der Waals surface area contributed by atoms with Crippen LogP contribution in [0.25, 0.3) is 0 Å². The van der Waals surface area contributed by atoms with E-state index in [0.29, 0.717) is 27.4 Å². The van der Waals surface area contributed by atoms with E-state index in [0.717, 1.165) is 15.6 Å². The topological polar surface area (TPSA) is 66.5 Å². The third kappa shape index (κ3) is 6.83. The highest BCUT2D eigenvalue weighted by molar-refractivity contribution is 7.98. The van der Waals surface area contributed by atoms with Crippen molar-refractivity contribution < 1.29 is 13.2 Å². The standard InChI is InChI=1S/C18H19Cl3N2O3S2/c1-23(28(25,26)15-5-3-14(19)4-6-15)11-18(24)22-8-9-27-12-13-2-7-16(20)17(21)10-13/h2-7,10H,8-9,11-12H2,1H3,(H,22,24). The van der Waals surface area contributed by atoms with Crippen LogP contribution >= 0.6 is 46.6 Å². The van der Waals surface area contributed by atoms with Crippen LogP contribution in [0.15, 0.2) is 47.4 Å². The second kappa shape index (κ2) is 10.7. The lowest BCUT2D eigenvalue weighted by Crippen LogP contribution is -2.39. The van der Waals surface area contributed by atoms with Crippen molar-refractivity contribution in [2.75, 3.05) is 25.9 Å². The summed E-state index contributed by atoms with van der Waals surface area (Å²) in [5.41, 5.74) is 1.04. The molecule has 0 atom stereocenters. The molecule has 0 radical (unpaired) electrons. The highest BCUT2D eigenvalue weighted by Gasteiger charge is 2.22. The molecule has 0 heterocycles. The van der Waals surface area contributed by atoms with Crippen LogP contribution in [0.5, 0.6) is 0 Å². The van der Waals surface area contributed by atoms with Crippen LogP contribution in [0.1, 0.15) is 5.56 Å². The van der Waals surface area contributed by atoms with E-state index in [1.165, 1.54) is 31.3 Å². The molecule has 28 heavy (non-hydrogen) atoms. The molecule has 2 aromatic rings. The number of rotatable bonds is 9. The average molecular weight is 482 g/mol. The number of halogens is 3. The van der Waals surface area contributed by atoms with E-state index < -0.39 is 10.0 Å². The number of likely N-dealkylation sites (N-methyl/N-ethyl adjacent to an activating group) is 1. The van der Waals surface area contributed by atoms with Crippen LogP contribution in [0.2, 0.25) is 15.1 Å². The molecule has 0 bridgehead atoms. The lowest BCUT2D eigenvalue weighted by molar-refractivity contribution is -0.121. The van der Waals surface area contributed by atoms with Crippen LogP contribution in [-0.2, 0) is 20.6 Å². The minimum atomic E-state index is -3.74. The summed E-state index contributed by atoms with van der Waals surface area (Å²) in [7, 11) is -2.38. The molecule has 0 unspecified atom stereocenters. The van der Waals surface area contributed by atoms with E-state index in [4.69, 9.17) is 34.8 Å². The van der Waals surface area contributed by atoms with Crippen molar-refractivity contribution >= 4 is 62.5 Å². The lowest BCUT2D eigenvalue weighted by Gasteiger charge is -2.17. The Morgan fingerprint density at radius 3 is 2.39 bits per heavy atom. The largest absolute Gasteiger partial charge is 0.354 e. The van der Waals surface area contributed by atoms with Gasteiger partial charge in [-0.2, -0.15) is 16.1 Å². The molecule has 0 aliphatic heterocycles. The van der Waals surface area contributed by atoms with Crippen LogP contribution in [0.4, 0.5) is 0 Å². The molecule has 1 N–H and O–H groups in total. The van der Waals surface area contributed by atoms with Crippen molar-refractivity contribution in [2.24, 2.45) is 0 Å². The second-order valence-corrected chi connectivity index (χ2v) is 10.3. The SMILES string of the molecule is CN(CC(=O)NCCSCc1ccc(Cl)c(Cl)c1)S(=O)(=O)c1ccc(Cl)cc1. The molecule has 0 aliphatic carbocycles. The zero-order chi connectivity index (χ0) is 20.7. The highest BCUT2D eigenvalue weighted by atomic mass is 35.5. The quantitative estimate of drug-likeness (QED) is 0.542. The van der Waals surface area contributed by atoms with Crippen molar-refractivity contribution in [2.45, 2.75) is 10.6 Å². The molecule has 0 spiro atoms. The fraction of sp³-hybridized carbons (Fsp3) is 0.278. The third-order valence-electron chi connectivity index (χ3n) is 3.71. The molecular weight excluding hydrogens is 463 g/mol. The number of amides is 1. The second-order valence-electron chi connectivity index (χ2n) is 5.87. The number of sulfonamides is 1. The maximum absolute atomic E-state index is 12.4. The van der Waals surface area contributed by atoms with Gasteiger partial charge in [0.1, 0.15) is 0 Å². The number of nitrogens with one attached hydrogen (secondary N) is 1. The molecule has 0 fully saturated rings. The Morgan fingerprint density at radius 2 is 1.75 bits per heavy atom. The predicted molar refractivity (Wildman–Crippen MR) is 117 cm³/mol. The van der Waals surface area contributed by atoms with E-state index in [1.54, 1.807) is 17.8 Å². The first kappa shape index (κ1) is 23.3. The number of carbonyl (C=O) groups excluding carboxylic acids is 1. The minimum Gasteiger partial charge on any atom is -0.354 e. The number of thioether (sulfide) groups is 1. The summed E-state index contributed by atoms with van der Waals surface area (Å²) < 4.78 is 25.9. The summed E-state index contributed by atoms with van der Waals surface area (Å²) in [6.45, 7) is 0.169. The van der Waals surface area contributed by atoms with Gasteiger partial charge in [-0.05, 0) is 42.0 Å². The Morgan fingerprint density at radius 1 is 1.07 bits per heavy atom. The zero-order valence-corrected chi connectivity index (χ0v) is 18.9. The molecule has 0 aromatic heterocycles. The Balaban J connectivity index is 1.74. The fourth-order valence-electron chi connectivity index (χ4n) is 2.21. The van der Waals surface area contributed by atoms with E-state index in [1.807, 2.05) is 12.1 Å². The first-order valence-electron chi connectivity index (χ1n) is 8.20. The minimum absolute atomic E-state index is 0.0874. The normalized spacial score (nSPS) is 11.6. The van der Waals surface area contributed by atoms with Gasteiger partial charge in [0.25, 0.3) is 0 Å². The van der Waals surface area contributed by atoms with Gasteiger partial charge in [-0.25, -0.2) is 8.42 Å². The zero-order valence-electron chi connectivity index (χ0n) is 15.0. The first-order valence-corrected chi connectivity index (χ1v) is 11.9. The van der Waals surface area contributed by atoms with E-state index in [-0.39, 0.29) is 17.3 Å². The summed E-state index contributed by atoms with van der Waals surface area (Å²) in [5, 5.41) is 4.19. The third-order valence-corrected chi connectivity index (χ3v) is 7.55. The molecule has 10 heteroatoms. The first-order chi connectivity index (χ1) is 13.2. The van der Waals surface area contributed by atoms with Crippen molar-refractivity contribution in [3.05, 3.63) is 63.1 Å². The van der Waals surface area contributed by atoms with Gasteiger partial charge in [-0.1, -0.05) is 40.9 Å². The number of carbonyl (C=O) groups is 1. The molecule has 0 saturated carbocycles. The van der Waals surface area contributed by atoms with Gasteiger partial charge in [-0.15, -0.1) is 0 Å². The van der Waals surface area contributed by atoms with Crippen molar-refractivity contribution in [1.29, 1.82) is 0 Å². The maximum Gasteiger partial charge on any atom is 0.243 e. The van der Waals surface area contributed by atoms with Crippen LogP contribution in [0.3, 0.4) is 0 Å². The van der Waals surface area contributed by atoms with Gasteiger partial charge in [0.2, 0.25) is 15.9 Å². The number of hydrogen-bond acceptors (Lipinski definition) is 4. The predicted octanol–water partition coefficient (Wildman–Crippen LogP) is 4.32. The van der Waals surface area contributed by atoms with Gasteiger partial charge in [-0.3, -0.25) is 4.79 Å². The van der Waals surface area contributed by atoms with Crippen molar-refractivity contribution in [1.82, 2.24) is 9.62 Å². The Hall–Kier alpha value is -0.960. The molecule has 2 aromatic carbocycles. The average Bonchev–Trinajstić information content (AvgIpc) is 2.64. The van der Waals surface area contributed by atoms with E-state index in [9.17, 15) is 13.2 Å². The smallest absolute Gasteiger partial charge is 0.243 e. The molecule has 1 amide bonds.